The van der Waals surface area contributed by atoms with Crippen LogP contribution in [0.3, 0.4) is 0 Å². The van der Waals surface area contributed by atoms with Crippen molar-refractivity contribution in [3.05, 3.63) is 60.7 Å². The first-order chi connectivity index (χ1) is 13.2. The van der Waals surface area contributed by atoms with Crippen molar-refractivity contribution in [3.63, 3.8) is 0 Å². The molecule has 0 unspecified atom stereocenters. The van der Waals surface area contributed by atoms with E-state index in [0.717, 1.165) is 38.4 Å². The van der Waals surface area contributed by atoms with Gasteiger partial charge >= 0.3 is 0 Å². The maximum atomic E-state index is 12.6. The highest BCUT2D eigenvalue weighted by Gasteiger charge is 2.21. The van der Waals surface area contributed by atoms with Gasteiger partial charge in [-0.1, -0.05) is 37.3 Å². The number of aryl methyl sites for hydroxylation is 2. The number of amides is 1. The van der Waals surface area contributed by atoms with E-state index in [1.165, 1.54) is 16.5 Å². The Bertz CT molecular complexity index is 925. The summed E-state index contributed by atoms with van der Waals surface area (Å²) in [6.07, 6.45) is 5.21. The van der Waals surface area contributed by atoms with Crippen LogP contribution in [0.1, 0.15) is 19.2 Å². The van der Waals surface area contributed by atoms with Gasteiger partial charge in [-0.15, -0.1) is 0 Å². The van der Waals surface area contributed by atoms with Gasteiger partial charge in [0, 0.05) is 63.6 Å². The molecular weight excluding hydrogens is 336 g/mol. The van der Waals surface area contributed by atoms with Crippen LogP contribution >= 0.6 is 0 Å². The molecule has 0 saturated carbocycles. The van der Waals surface area contributed by atoms with E-state index in [9.17, 15) is 4.79 Å². The Morgan fingerprint density at radius 1 is 1.04 bits per heavy atom. The summed E-state index contributed by atoms with van der Waals surface area (Å²) in [5.41, 5.74) is 1.24. The number of aromatic nitrogens is 2. The minimum absolute atomic E-state index is 0.240. The molecule has 1 aliphatic heterocycles. The van der Waals surface area contributed by atoms with Gasteiger partial charge in [0.2, 0.25) is 5.91 Å². The number of rotatable bonds is 5. The Kier molecular flexibility index (Phi) is 5.10. The molecule has 1 fully saturated rings. The van der Waals surface area contributed by atoms with Gasteiger partial charge < -0.3 is 14.4 Å². The lowest BCUT2D eigenvalue weighted by molar-refractivity contribution is -0.131. The predicted octanol–water partition coefficient (Wildman–Crippen LogP) is 3.34. The monoisotopic (exact) mass is 362 g/mol. The summed E-state index contributed by atoms with van der Waals surface area (Å²) in [6, 6.07) is 15.0. The fourth-order valence-corrected chi connectivity index (χ4v) is 3.82. The van der Waals surface area contributed by atoms with Crippen LogP contribution < -0.4 is 4.90 Å². The number of hydrogen-bond donors (Lipinski definition) is 0. The summed E-state index contributed by atoms with van der Waals surface area (Å²) in [7, 11) is 0. The van der Waals surface area contributed by atoms with Gasteiger partial charge in [-0.2, -0.15) is 0 Å². The molecule has 1 aromatic heterocycles. The van der Waals surface area contributed by atoms with Crippen molar-refractivity contribution in [1.82, 2.24) is 14.5 Å². The Morgan fingerprint density at radius 3 is 2.59 bits per heavy atom. The standard InChI is InChI=1S/C22H26N4O/c1-2-21-23-10-12-25(21)11-9-22(27)26-15-13-24(14-16-26)20-8-7-18-5-3-4-6-19(18)17-20/h3-8,10,12,17H,2,9,11,13-16H2,1H3. The molecule has 3 aromatic rings. The van der Waals surface area contributed by atoms with Gasteiger partial charge in [0.05, 0.1) is 0 Å². The van der Waals surface area contributed by atoms with E-state index < -0.39 is 0 Å². The molecule has 0 atom stereocenters. The lowest BCUT2D eigenvalue weighted by Gasteiger charge is -2.36. The molecule has 0 aliphatic carbocycles. The summed E-state index contributed by atoms with van der Waals surface area (Å²) in [4.78, 5) is 21.3. The number of benzene rings is 2. The van der Waals surface area contributed by atoms with Crippen molar-refractivity contribution < 1.29 is 4.79 Å². The minimum Gasteiger partial charge on any atom is -0.368 e. The molecule has 2 aromatic carbocycles. The van der Waals surface area contributed by atoms with Gasteiger partial charge in [-0.3, -0.25) is 4.79 Å². The van der Waals surface area contributed by atoms with Crippen LogP contribution in [0, 0.1) is 0 Å². The Labute approximate surface area is 160 Å². The fraction of sp³-hybridized carbons (Fsp3) is 0.364. The molecular formula is C22H26N4O. The zero-order chi connectivity index (χ0) is 18.6. The van der Waals surface area contributed by atoms with E-state index in [1.54, 1.807) is 0 Å². The highest BCUT2D eigenvalue weighted by molar-refractivity contribution is 5.86. The summed E-state index contributed by atoms with van der Waals surface area (Å²) >= 11 is 0. The first kappa shape index (κ1) is 17.6. The molecule has 27 heavy (non-hydrogen) atoms. The molecule has 0 N–H and O–H groups in total. The second-order valence-electron chi connectivity index (χ2n) is 7.04. The maximum Gasteiger partial charge on any atom is 0.224 e. The van der Waals surface area contributed by atoms with Crippen molar-refractivity contribution in [3.8, 4) is 0 Å². The summed E-state index contributed by atoms with van der Waals surface area (Å²) < 4.78 is 2.09. The third-order valence-electron chi connectivity index (χ3n) is 5.42. The molecule has 5 heteroatoms. The zero-order valence-electron chi connectivity index (χ0n) is 15.8. The van der Waals surface area contributed by atoms with Gasteiger partial charge in [0.15, 0.2) is 0 Å². The normalized spacial score (nSPS) is 14.7. The van der Waals surface area contributed by atoms with E-state index in [1.807, 2.05) is 17.3 Å². The number of hydrogen-bond acceptors (Lipinski definition) is 3. The molecule has 0 radical (unpaired) electrons. The number of piperazine rings is 1. The molecule has 1 amide bonds. The van der Waals surface area contributed by atoms with E-state index >= 15 is 0 Å². The number of imidazole rings is 1. The number of fused-ring (bicyclic) bond motifs is 1. The zero-order valence-corrected chi connectivity index (χ0v) is 15.8. The van der Waals surface area contributed by atoms with Crippen LogP contribution in [0.15, 0.2) is 54.9 Å². The van der Waals surface area contributed by atoms with E-state index in [2.05, 4.69) is 63.8 Å². The average Bonchev–Trinajstić information content (AvgIpc) is 3.19. The van der Waals surface area contributed by atoms with E-state index in [4.69, 9.17) is 0 Å². The highest BCUT2D eigenvalue weighted by atomic mass is 16.2. The van der Waals surface area contributed by atoms with Gasteiger partial charge in [-0.25, -0.2) is 4.98 Å². The number of anilines is 1. The lowest BCUT2D eigenvalue weighted by Crippen LogP contribution is -2.49. The topological polar surface area (TPSA) is 41.4 Å². The average molecular weight is 362 g/mol. The number of carbonyl (C=O) groups excluding carboxylic acids is 1. The predicted molar refractivity (Wildman–Crippen MR) is 109 cm³/mol. The Hall–Kier alpha value is -2.82. The molecule has 0 bridgehead atoms. The highest BCUT2D eigenvalue weighted by Crippen LogP contribution is 2.23. The lowest BCUT2D eigenvalue weighted by atomic mass is 10.1. The SMILES string of the molecule is CCc1nccn1CCC(=O)N1CCN(c2ccc3ccccc3c2)CC1. The number of carbonyl (C=O) groups is 1. The van der Waals surface area contributed by atoms with Gasteiger partial charge in [-0.05, 0) is 22.9 Å². The third-order valence-corrected chi connectivity index (χ3v) is 5.42. The van der Waals surface area contributed by atoms with Crippen LogP contribution in [0.5, 0.6) is 0 Å². The molecule has 4 rings (SSSR count). The summed E-state index contributed by atoms with van der Waals surface area (Å²) in [5.74, 6) is 1.29. The largest absolute Gasteiger partial charge is 0.368 e. The summed E-state index contributed by atoms with van der Waals surface area (Å²) in [6.45, 7) is 6.15. The van der Waals surface area contributed by atoms with Crippen LogP contribution in [0.4, 0.5) is 5.69 Å². The number of nitrogens with zero attached hydrogens (tertiary/aromatic N) is 4. The first-order valence-corrected chi connectivity index (χ1v) is 9.76. The van der Waals surface area contributed by atoms with Gasteiger partial charge in [0.25, 0.3) is 0 Å². The van der Waals surface area contributed by atoms with Gasteiger partial charge in [0.1, 0.15) is 5.82 Å². The van der Waals surface area contributed by atoms with Crippen molar-refractivity contribution >= 4 is 22.4 Å². The molecule has 5 nitrogen and oxygen atoms in total. The van der Waals surface area contributed by atoms with Crippen LogP contribution in [-0.4, -0.2) is 46.5 Å². The molecule has 140 valence electrons. The third kappa shape index (κ3) is 3.82. The molecule has 1 saturated heterocycles. The molecule has 0 spiro atoms. The van der Waals surface area contributed by atoms with Crippen LogP contribution in [0.2, 0.25) is 0 Å². The quantitative estimate of drug-likeness (QED) is 0.699. The summed E-state index contributed by atoms with van der Waals surface area (Å²) in [5, 5.41) is 2.53. The second-order valence-corrected chi connectivity index (χ2v) is 7.04. The fourth-order valence-electron chi connectivity index (χ4n) is 3.82. The second kappa shape index (κ2) is 7.82. The van der Waals surface area contributed by atoms with Crippen molar-refractivity contribution in [1.29, 1.82) is 0 Å². The van der Waals surface area contributed by atoms with E-state index in [-0.39, 0.29) is 5.91 Å². The van der Waals surface area contributed by atoms with E-state index in [0.29, 0.717) is 13.0 Å². The molecule has 1 aliphatic rings. The Balaban J connectivity index is 1.33. The van der Waals surface area contributed by atoms with Crippen LogP contribution in [0.25, 0.3) is 10.8 Å². The van der Waals surface area contributed by atoms with Crippen molar-refractivity contribution in [2.24, 2.45) is 0 Å². The molecule has 2 heterocycles. The maximum absolute atomic E-state index is 12.6. The van der Waals surface area contributed by atoms with Crippen molar-refractivity contribution in [2.45, 2.75) is 26.3 Å². The van der Waals surface area contributed by atoms with Crippen molar-refractivity contribution in [2.75, 3.05) is 31.1 Å². The first-order valence-electron chi connectivity index (χ1n) is 9.76. The van der Waals surface area contributed by atoms with Crippen LogP contribution in [-0.2, 0) is 17.8 Å². The smallest absolute Gasteiger partial charge is 0.224 e. The Morgan fingerprint density at radius 2 is 1.81 bits per heavy atom. The minimum atomic E-state index is 0.240.